The van der Waals surface area contributed by atoms with Crippen LogP contribution in [-0.2, 0) is 6.54 Å². The van der Waals surface area contributed by atoms with E-state index >= 15 is 0 Å². The van der Waals surface area contributed by atoms with Gasteiger partial charge >= 0.3 is 0 Å². The third kappa shape index (κ3) is 2.53. The van der Waals surface area contributed by atoms with Gasteiger partial charge in [-0.2, -0.15) is 0 Å². The molecule has 0 fully saturated rings. The predicted octanol–water partition coefficient (Wildman–Crippen LogP) is 1.56. The van der Waals surface area contributed by atoms with E-state index < -0.39 is 0 Å². The second-order valence-corrected chi connectivity index (χ2v) is 2.41. The summed E-state index contributed by atoms with van der Waals surface area (Å²) in [5.41, 5.74) is 3.12. The molecule has 0 aliphatic carbocycles. The fraction of sp³-hybridized carbons (Fsp3) is 0.333. The quantitative estimate of drug-likeness (QED) is 0.669. The number of hydrogen-bond acceptors (Lipinski definition) is 3. The molecule has 0 bridgehead atoms. The van der Waals surface area contributed by atoms with Crippen LogP contribution in [0.5, 0.6) is 5.75 Å². The van der Waals surface area contributed by atoms with Crippen molar-refractivity contribution in [3.05, 3.63) is 29.8 Å². The van der Waals surface area contributed by atoms with Gasteiger partial charge in [0.25, 0.3) is 0 Å². The molecule has 0 saturated carbocycles. The Labute approximate surface area is 71.9 Å². The van der Waals surface area contributed by atoms with Crippen LogP contribution in [0.3, 0.4) is 0 Å². The molecular weight excluding hydrogens is 154 g/mol. The summed E-state index contributed by atoms with van der Waals surface area (Å²) in [6.45, 7) is 3.09. The van der Waals surface area contributed by atoms with Gasteiger partial charge in [-0.3, -0.25) is 0 Å². The zero-order valence-electron chi connectivity index (χ0n) is 7.08. The molecule has 12 heavy (non-hydrogen) atoms. The van der Waals surface area contributed by atoms with Crippen molar-refractivity contribution < 1.29 is 9.94 Å². The van der Waals surface area contributed by atoms with Crippen LogP contribution in [0.2, 0.25) is 0 Å². The van der Waals surface area contributed by atoms with Crippen LogP contribution in [0.25, 0.3) is 0 Å². The third-order valence-electron chi connectivity index (χ3n) is 1.52. The molecule has 0 atom stereocenters. The predicted molar refractivity (Wildman–Crippen MR) is 46.2 cm³/mol. The second-order valence-electron chi connectivity index (χ2n) is 2.41. The Kier molecular flexibility index (Phi) is 3.57. The van der Waals surface area contributed by atoms with Crippen molar-refractivity contribution in [1.82, 2.24) is 5.48 Å². The molecule has 0 saturated heterocycles. The lowest BCUT2D eigenvalue weighted by Gasteiger charge is -2.03. The van der Waals surface area contributed by atoms with Crippen molar-refractivity contribution in [2.24, 2.45) is 0 Å². The van der Waals surface area contributed by atoms with Crippen molar-refractivity contribution >= 4 is 0 Å². The van der Waals surface area contributed by atoms with Crippen molar-refractivity contribution in [2.45, 2.75) is 13.5 Å². The number of rotatable bonds is 4. The Morgan fingerprint density at radius 2 is 2.00 bits per heavy atom. The number of nitrogens with one attached hydrogen (secondary N) is 1. The maximum Gasteiger partial charge on any atom is 0.119 e. The van der Waals surface area contributed by atoms with E-state index in [1.54, 1.807) is 0 Å². The average molecular weight is 167 g/mol. The van der Waals surface area contributed by atoms with E-state index in [2.05, 4.69) is 5.48 Å². The van der Waals surface area contributed by atoms with Gasteiger partial charge in [-0.05, 0) is 24.6 Å². The molecule has 3 nitrogen and oxygen atoms in total. The maximum absolute atomic E-state index is 8.41. The molecule has 0 heterocycles. The summed E-state index contributed by atoms with van der Waals surface area (Å²) < 4.78 is 5.26. The average Bonchev–Trinajstić information content (AvgIpc) is 2.09. The molecule has 1 aromatic carbocycles. The zero-order valence-corrected chi connectivity index (χ0v) is 7.08. The summed E-state index contributed by atoms with van der Waals surface area (Å²) in [7, 11) is 0. The van der Waals surface area contributed by atoms with E-state index in [0.717, 1.165) is 11.3 Å². The van der Waals surface area contributed by atoms with E-state index in [9.17, 15) is 0 Å². The van der Waals surface area contributed by atoms with Crippen LogP contribution in [0, 0.1) is 0 Å². The number of benzene rings is 1. The Morgan fingerprint density at radius 3 is 2.50 bits per heavy atom. The molecule has 0 aliphatic rings. The number of hydroxylamine groups is 1. The van der Waals surface area contributed by atoms with Crippen molar-refractivity contribution in [3.8, 4) is 5.75 Å². The van der Waals surface area contributed by atoms with Gasteiger partial charge < -0.3 is 9.94 Å². The Balaban J connectivity index is 2.58. The minimum atomic E-state index is 0.465. The van der Waals surface area contributed by atoms with Crippen LogP contribution in [-0.4, -0.2) is 11.8 Å². The highest BCUT2D eigenvalue weighted by Crippen LogP contribution is 2.11. The highest BCUT2D eigenvalue weighted by Gasteiger charge is 1.92. The first-order chi connectivity index (χ1) is 5.86. The van der Waals surface area contributed by atoms with Gasteiger partial charge in [-0.15, -0.1) is 0 Å². The van der Waals surface area contributed by atoms with E-state index in [1.807, 2.05) is 31.2 Å². The maximum atomic E-state index is 8.41. The molecular formula is C9H13NO2. The summed E-state index contributed by atoms with van der Waals surface area (Å²) >= 11 is 0. The lowest BCUT2D eigenvalue weighted by atomic mass is 10.2. The summed E-state index contributed by atoms with van der Waals surface area (Å²) in [5.74, 6) is 0.860. The lowest BCUT2D eigenvalue weighted by Crippen LogP contribution is -2.05. The van der Waals surface area contributed by atoms with Gasteiger partial charge in [0.05, 0.1) is 6.61 Å². The van der Waals surface area contributed by atoms with Crippen LogP contribution >= 0.6 is 0 Å². The molecule has 0 aliphatic heterocycles. The molecule has 0 aromatic heterocycles. The van der Waals surface area contributed by atoms with E-state index in [4.69, 9.17) is 9.94 Å². The van der Waals surface area contributed by atoms with Gasteiger partial charge in [0, 0.05) is 6.54 Å². The van der Waals surface area contributed by atoms with Crippen molar-refractivity contribution in [2.75, 3.05) is 6.61 Å². The normalized spacial score (nSPS) is 9.83. The molecule has 0 amide bonds. The van der Waals surface area contributed by atoms with Crippen molar-refractivity contribution in [1.29, 1.82) is 0 Å². The SMILES string of the molecule is CCOc1ccc(CNO)cc1. The second kappa shape index (κ2) is 4.74. The number of ether oxygens (including phenoxy) is 1. The molecule has 66 valence electrons. The van der Waals surface area contributed by atoms with Gasteiger partial charge in [0.2, 0.25) is 0 Å². The van der Waals surface area contributed by atoms with Crippen LogP contribution < -0.4 is 10.2 Å². The molecule has 0 spiro atoms. The molecule has 1 aromatic rings. The zero-order chi connectivity index (χ0) is 8.81. The smallest absolute Gasteiger partial charge is 0.119 e. The minimum absolute atomic E-state index is 0.465. The Morgan fingerprint density at radius 1 is 1.33 bits per heavy atom. The topological polar surface area (TPSA) is 41.5 Å². The highest BCUT2D eigenvalue weighted by atomic mass is 16.5. The first-order valence-electron chi connectivity index (χ1n) is 3.95. The minimum Gasteiger partial charge on any atom is -0.494 e. The molecule has 0 unspecified atom stereocenters. The van der Waals surface area contributed by atoms with Crippen molar-refractivity contribution in [3.63, 3.8) is 0 Å². The van der Waals surface area contributed by atoms with Crippen LogP contribution in [0.15, 0.2) is 24.3 Å². The fourth-order valence-corrected chi connectivity index (χ4v) is 0.961. The molecule has 1 rings (SSSR count). The first-order valence-corrected chi connectivity index (χ1v) is 3.95. The monoisotopic (exact) mass is 167 g/mol. The highest BCUT2D eigenvalue weighted by molar-refractivity contribution is 5.26. The van der Waals surface area contributed by atoms with E-state index in [1.165, 1.54) is 0 Å². The summed E-state index contributed by atoms with van der Waals surface area (Å²) in [4.78, 5) is 0. The van der Waals surface area contributed by atoms with E-state index in [-0.39, 0.29) is 0 Å². The van der Waals surface area contributed by atoms with Crippen LogP contribution in [0.4, 0.5) is 0 Å². The molecule has 3 heteroatoms. The largest absolute Gasteiger partial charge is 0.494 e. The fourth-order valence-electron chi connectivity index (χ4n) is 0.961. The number of hydrogen-bond donors (Lipinski definition) is 2. The van der Waals surface area contributed by atoms with Gasteiger partial charge in [-0.1, -0.05) is 12.1 Å². The van der Waals surface area contributed by atoms with Gasteiger partial charge in [0.15, 0.2) is 0 Å². The van der Waals surface area contributed by atoms with E-state index in [0.29, 0.717) is 13.2 Å². The summed E-state index contributed by atoms with van der Waals surface area (Å²) in [6, 6.07) is 7.59. The lowest BCUT2D eigenvalue weighted by molar-refractivity contribution is 0.161. The van der Waals surface area contributed by atoms with Gasteiger partial charge in [0.1, 0.15) is 5.75 Å². The van der Waals surface area contributed by atoms with Crippen LogP contribution in [0.1, 0.15) is 12.5 Å². The third-order valence-corrected chi connectivity index (χ3v) is 1.52. The summed E-state index contributed by atoms with van der Waals surface area (Å²) in [6.07, 6.45) is 0. The summed E-state index contributed by atoms with van der Waals surface area (Å²) in [5, 5.41) is 8.41. The molecule has 2 N–H and O–H groups in total. The Bertz CT molecular complexity index is 195. The molecule has 0 radical (unpaired) electrons. The Hall–Kier alpha value is -1.06. The first kappa shape index (κ1) is 9.03. The van der Waals surface area contributed by atoms with Gasteiger partial charge in [-0.25, -0.2) is 5.48 Å². The standard InChI is InChI=1S/C9H13NO2/c1-2-12-9-5-3-8(4-6-9)7-10-11/h3-6,10-11H,2,7H2,1H3.